The standard InChI is InChI=1S/C21H32N2O6S/c1-4-9-16(2)22-20(24)15-29-21(25)18-14-17(10-11-19(18)28-3)30(26,27)23-12-7-5-6-8-13-23/h10-11,14,16H,4-9,12-13,15H2,1-3H3,(H,22,24). The molecule has 0 radical (unpaired) electrons. The zero-order valence-electron chi connectivity index (χ0n) is 18.0. The van der Waals surface area contributed by atoms with E-state index >= 15 is 0 Å². The summed E-state index contributed by atoms with van der Waals surface area (Å²) in [6, 6.07) is 4.11. The van der Waals surface area contributed by atoms with Gasteiger partial charge in [-0.3, -0.25) is 4.79 Å². The van der Waals surface area contributed by atoms with Crippen molar-refractivity contribution in [3.8, 4) is 5.75 Å². The molecule has 1 unspecified atom stereocenters. The number of rotatable bonds is 9. The molecule has 8 nitrogen and oxygen atoms in total. The number of hydrogen-bond donors (Lipinski definition) is 1. The molecular weight excluding hydrogens is 408 g/mol. The minimum atomic E-state index is -3.73. The van der Waals surface area contributed by atoms with E-state index in [2.05, 4.69) is 5.32 Å². The first kappa shape index (κ1) is 24.1. The summed E-state index contributed by atoms with van der Waals surface area (Å²) in [5, 5.41) is 2.75. The number of methoxy groups -OCH3 is 1. The van der Waals surface area contributed by atoms with Gasteiger partial charge < -0.3 is 14.8 Å². The van der Waals surface area contributed by atoms with Crippen LogP contribution in [-0.4, -0.2) is 57.4 Å². The smallest absolute Gasteiger partial charge is 0.342 e. The normalized spacial score (nSPS) is 16.4. The van der Waals surface area contributed by atoms with E-state index in [1.807, 2.05) is 13.8 Å². The predicted octanol–water partition coefficient (Wildman–Crippen LogP) is 2.72. The Morgan fingerprint density at radius 3 is 2.43 bits per heavy atom. The minimum absolute atomic E-state index is 0.0122. The number of nitrogens with zero attached hydrogens (tertiary/aromatic N) is 1. The molecule has 30 heavy (non-hydrogen) atoms. The molecule has 1 saturated heterocycles. The van der Waals surface area contributed by atoms with Gasteiger partial charge in [-0.2, -0.15) is 4.31 Å². The fourth-order valence-electron chi connectivity index (χ4n) is 3.47. The maximum absolute atomic E-state index is 13.0. The lowest BCUT2D eigenvalue weighted by atomic mass is 10.2. The van der Waals surface area contributed by atoms with Crippen molar-refractivity contribution in [1.82, 2.24) is 9.62 Å². The highest BCUT2D eigenvalue weighted by molar-refractivity contribution is 7.89. The van der Waals surface area contributed by atoms with Crippen LogP contribution in [0.2, 0.25) is 0 Å². The number of amides is 1. The van der Waals surface area contributed by atoms with Gasteiger partial charge in [0.15, 0.2) is 6.61 Å². The maximum atomic E-state index is 13.0. The lowest BCUT2D eigenvalue weighted by Crippen LogP contribution is -2.35. The molecule has 1 N–H and O–H groups in total. The van der Waals surface area contributed by atoms with Gasteiger partial charge in [0.25, 0.3) is 5.91 Å². The van der Waals surface area contributed by atoms with Gasteiger partial charge >= 0.3 is 5.97 Å². The third kappa shape index (κ3) is 6.43. The third-order valence-electron chi connectivity index (χ3n) is 5.06. The SMILES string of the molecule is CCCC(C)NC(=O)COC(=O)c1cc(S(=O)(=O)N2CCCCCC2)ccc1OC. The molecule has 9 heteroatoms. The molecule has 1 aliphatic heterocycles. The van der Waals surface area contributed by atoms with Crippen LogP contribution in [0.3, 0.4) is 0 Å². The minimum Gasteiger partial charge on any atom is -0.496 e. The Kier molecular flexibility index (Phi) is 9.10. The van der Waals surface area contributed by atoms with Crippen molar-refractivity contribution < 1.29 is 27.5 Å². The average molecular weight is 441 g/mol. The van der Waals surface area contributed by atoms with Crippen LogP contribution in [0.4, 0.5) is 0 Å². The Hall–Kier alpha value is -2.13. The Morgan fingerprint density at radius 2 is 1.83 bits per heavy atom. The molecular formula is C21H32N2O6S. The van der Waals surface area contributed by atoms with E-state index in [4.69, 9.17) is 9.47 Å². The molecule has 1 heterocycles. The molecule has 0 aromatic heterocycles. The van der Waals surface area contributed by atoms with Crippen LogP contribution in [0.5, 0.6) is 5.75 Å². The second-order valence-corrected chi connectivity index (χ2v) is 9.45. The van der Waals surface area contributed by atoms with Gasteiger partial charge in [-0.15, -0.1) is 0 Å². The van der Waals surface area contributed by atoms with Crippen LogP contribution in [0.15, 0.2) is 23.1 Å². The van der Waals surface area contributed by atoms with E-state index in [-0.39, 0.29) is 22.3 Å². The second kappa shape index (κ2) is 11.3. The fraction of sp³-hybridized carbons (Fsp3) is 0.619. The summed E-state index contributed by atoms with van der Waals surface area (Å²) in [4.78, 5) is 24.5. The quantitative estimate of drug-likeness (QED) is 0.593. The molecule has 168 valence electrons. The first-order valence-electron chi connectivity index (χ1n) is 10.4. The Morgan fingerprint density at radius 1 is 1.17 bits per heavy atom. The summed E-state index contributed by atoms with van der Waals surface area (Å²) in [6.07, 6.45) is 5.39. The van der Waals surface area contributed by atoms with Crippen LogP contribution >= 0.6 is 0 Å². The van der Waals surface area contributed by atoms with Crippen LogP contribution in [0, 0.1) is 0 Å². The highest BCUT2D eigenvalue weighted by atomic mass is 32.2. The number of esters is 1. The van der Waals surface area contributed by atoms with Crippen LogP contribution < -0.4 is 10.1 Å². The number of benzene rings is 1. The van der Waals surface area contributed by atoms with E-state index in [1.54, 1.807) is 0 Å². The fourth-order valence-corrected chi connectivity index (χ4v) is 5.01. The summed E-state index contributed by atoms with van der Waals surface area (Å²) in [5.74, 6) is -1.02. The molecule has 1 aromatic rings. The van der Waals surface area contributed by atoms with E-state index < -0.39 is 28.5 Å². The van der Waals surface area contributed by atoms with E-state index in [1.165, 1.54) is 29.6 Å². The highest BCUT2D eigenvalue weighted by Gasteiger charge is 2.27. The van der Waals surface area contributed by atoms with Gasteiger partial charge in [-0.1, -0.05) is 26.2 Å². The first-order valence-corrected chi connectivity index (χ1v) is 11.9. The van der Waals surface area contributed by atoms with Crippen molar-refractivity contribution in [2.45, 2.75) is 63.3 Å². The molecule has 0 spiro atoms. The molecule has 1 amide bonds. The van der Waals surface area contributed by atoms with Gasteiger partial charge in [-0.25, -0.2) is 13.2 Å². The van der Waals surface area contributed by atoms with Crippen LogP contribution in [-0.2, 0) is 19.6 Å². The second-order valence-electron chi connectivity index (χ2n) is 7.51. The van der Waals surface area contributed by atoms with Crippen molar-refractivity contribution >= 4 is 21.9 Å². The number of nitrogens with one attached hydrogen (secondary N) is 1. The topological polar surface area (TPSA) is 102 Å². The van der Waals surface area contributed by atoms with Gasteiger partial charge in [0.05, 0.1) is 12.0 Å². The lowest BCUT2D eigenvalue weighted by molar-refractivity contribution is -0.124. The van der Waals surface area contributed by atoms with E-state index in [0.29, 0.717) is 13.1 Å². The average Bonchev–Trinajstić information content (AvgIpc) is 3.01. The summed E-state index contributed by atoms with van der Waals surface area (Å²) >= 11 is 0. The number of carbonyl (C=O) groups excluding carboxylic acids is 2. The largest absolute Gasteiger partial charge is 0.496 e. The van der Waals surface area contributed by atoms with E-state index in [0.717, 1.165) is 38.5 Å². The molecule has 1 aliphatic rings. The zero-order valence-corrected chi connectivity index (χ0v) is 18.8. The molecule has 2 rings (SSSR count). The van der Waals surface area contributed by atoms with Crippen molar-refractivity contribution in [2.75, 3.05) is 26.8 Å². The van der Waals surface area contributed by atoms with Crippen molar-refractivity contribution in [2.24, 2.45) is 0 Å². The summed E-state index contributed by atoms with van der Waals surface area (Å²) < 4.78 is 37.8. The maximum Gasteiger partial charge on any atom is 0.342 e. The predicted molar refractivity (Wildman–Crippen MR) is 113 cm³/mol. The van der Waals surface area contributed by atoms with Crippen molar-refractivity contribution in [3.05, 3.63) is 23.8 Å². The Bertz CT molecular complexity index is 832. The summed E-state index contributed by atoms with van der Waals surface area (Å²) in [6.45, 7) is 4.37. The van der Waals surface area contributed by atoms with Crippen LogP contribution in [0.1, 0.15) is 62.7 Å². The lowest BCUT2D eigenvalue weighted by Gasteiger charge is -2.20. The number of ether oxygens (including phenoxy) is 2. The monoisotopic (exact) mass is 440 g/mol. The van der Waals surface area contributed by atoms with Gasteiger partial charge in [-0.05, 0) is 44.4 Å². The summed E-state index contributed by atoms with van der Waals surface area (Å²) in [5.41, 5.74) is -0.0252. The van der Waals surface area contributed by atoms with Crippen molar-refractivity contribution in [3.63, 3.8) is 0 Å². The molecule has 0 saturated carbocycles. The zero-order chi connectivity index (χ0) is 22.1. The van der Waals surface area contributed by atoms with E-state index in [9.17, 15) is 18.0 Å². The highest BCUT2D eigenvalue weighted by Crippen LogP contribution is 2.26. The van der Waals surface area contributed by atoms with Gasteiger partial charge in [0.2, 0.25) is 10.0 Å². The number of carbonyl (C=O) groups is 2. The molecule has 1 fully saturated rings. The van der Waals surface area contributed by atoms with Crippen molar-refractivity contribution in [1.29, 1.82) is 0 Å². The Balaban J connectivity index is 2.15. The molecule has 0 aliphatic carbocycles. The number of sulfonamides is 1. The molecule has 1 atom stereocenters. The van der Waals surface area contributed by atoms with Crippen LogP contribution in [0.25, 0.3) is 0 Å². The third-order valence-corrected chi connectivity index (χ3v) is 6.95. The number of hydrogen-bond acceptors (Lipinski definition) is 6. The Labute approximate surface area is 179 Å². The molecule has 0 bridgehead atoms. The van der Waals surface area contributed by atoms with Gasteiger partial charge in [0, 0.05) is 19.1 Å². The molecule has 1 aromatic carbocycles. The summed E-state index contributed by atoms with van der Waals surface area (Å²) in [7, 11) is -2.35. The van der Waals surface area contributed by atoms with Gasteiger partial charge in [0.1, 0.15) is 11.3 Å². The first-order chi connectivity index (χ1) is 14.3.